The Kier molecular flexibility index (Phi) is 3.73. The van der Waals surface area contributed by atoms with Crippen LogP contribution in [0.1, 0.15) is 32.1 Å². The Morgan fingerprint density at radius 2 is 2.00 bits per heavy atom. The zero-order chi connectivity index (χ0) is 12.5. The van der Waals surface area contributed by atoms with E-state index in [9.17, 15) is 4.79 Å². The number of carbonyl (C=O) groups excluding carboxylic acids is 1. The van der Waals surface area contributed by atoms with Crippen molar-refractivity contribution >= 4 is 5.91 Å². The molecule has 1 aliphatic heterocycles. The normalized spacial score (nSPS) is 24.6. The molecule has 2 fully saturated rings. The monoisotopic (exact) mass is 239 g/mol. The first-order valence-electron chi connectivity index (χ1n) is 6.74. The molecule has 0 atom stereocenters. The third-order valence-corrected chi connectivity index (χ3v) is 4.27. The van der Waals surface area contributed by atoms with Gasteiger partial charge in [0.15, 0.2) is 0 Å². The number of nitrogens with zero attached hydrogens (tertiary/aromatic N) is 2. The Morgan fingerprint density at radius 1 is 1.41 bits per heavy atom. The summed E-state index contributed by atoms with van der Waals surface area (Å²) in [5, 5.41) is 0. The van der Waals surface area contributed by atoms with Crippen LogP contribution >= 0.6 is 0 Å². The van der Waals surface area contributed by atoms with Gasteiger partial charge in [0, 0.05) is 13.6 Å². The molecular weight excluding hydrogens is 214 g/mol. The number of nitrogens with two attached hydrogens (primary N) is 1. The van der Waals surface area contributed by atoms with Crippen LogP contribution in [0.3, 0.4) is 0 Å². The van der Waals surface area contributed by atoms with Crippen LogP contribution in [-0.2, 0) is 4.79 Å². The summed E-state index contributed by atoms with van der Waals surface area (Å²) < 4.78 is 0. The molecule has 1 aliphatic carbocycles. The molecule has 1 saturated heterocycles. The van der Waals surface area contributed by atoms with Gasteiger partial charge in [0.25, 0.3) is 0 Å². The summed E-state index contributed by atoms with van der Waals surface area (Å²) in [5.41, 5.74) is 5.42. The topological polar surface area (TPSA) is 49.6 Å². The number of hydrogen-bond acceptors (Lipinski definition) is 3. The highest BCUT2D eigenvalue weighted by Gasteiger charge is 2.47. The van der Waals surface area contributed by atoms with Crippen LogP contribution in [0.2, 0.25) is 0 Å². The van der Waals surface area contributed by atoms with Gasteiger partial charge in [0.1, 0.15) is 0 Å². The average molecular weight is 239 g/mol. The number of rotatable bonds is 4. The van der Waals surface area contributed by atoms with Gasteiger partial charge >= 0.3 is 0 Å². The van der Waals surface area contributed by atoms with Crippen LogP contribution in [0.15, 0.2) is 0 Å². The predicted molar refractivity (Wildman–Crippen MR) is 68.6 cm³/mol. The van der Waals surface area contributed by atoms with E-state index in [2.05, 4.69) is 11.9 Å². The Balaban J connectivity index is 1.69. The minimum atomic E-state index is -0.498. The molecule has 0 spiro atoms. The quantitative estimate of drug-likeness (QED) is 0.784. The van der Waals surface area contributed by atoms with Crippen molar-refractivity contribution in [2.45, 2.75) is 37.6 Å². The second-order valence-electron chi connectivity index (χ2n) is 5.92. The second-order valence-corrected chi connectivity index (χ2v) is 5.92. The Labute approximate surface area is 104 Å². The van der Waals surface area contributed by atoms with Gasteiger partial charge in [-0.1, -0.05) is 0 Å². The lowest BCUT2D eigenvalue weighted by Crippen LogP contribution is -2.44. The van der Waals surface area contributed by atoms with Gasteiger partial charge in [-0.15, -0.1) is 0 Å². The molecule has 0 aromatic rings. The number of likely N-dealkylation sites (N-methyl/N-ethyl adjacent to an activating group) is 1. The summed E-state index contributed by atoms with van der Waals surface area (Å²) >= 11 is 0. The highest BCUT2D eigenvalue weighted by Crippen LogP contribution is 2.34. The zero-order valence-corrected chi connectivity index (χ0v) is 11.1. The van der Waals surface area contributed by atoms with Gasteiger partial charge in [-0.2, -0.15) is 0 Å². The fraction of sp³-hybridized carbons (Fsp3) is 0.923. The number of hydrogen-bond donors (Lipinski definition) is 1. The predicted octanol–water partition coefficient (Wildman–Crippen LogP) is 0.668. The van der Waals surface area contributed by atoms with Crippen LogP contribution < -0.4 is 5.73 Å². The second kappa shape index (κ2) is 4.94. The van der Waals surface area contributed by atoms with Crippen molar-refractivity contribution < 1.29 is 4.79 Å². The van der Waals surface area contributed by atoms with E-state index in [-0.39, 0.29) is 5.91 Å². The van der Waals surface area contributed by atoms with Gasteiger partial charge in [-0.05, 0) is 58.2 Å². The molecule has 1 amide bonds. The van der Waals surface area contributed by atoms with E-state index in [1.807, 2.05) is 11.9 Å². The highest BCUT2D eigenvalue weighted by molar-refractivity contribution is 5.88. The molecule has 4 nitrogen and oxygen atoms in total. The maximum absolute atomic E-state index is 11.9. The van der Waals surface area contributed by atoms with Gasteiger partial charge in [0.05, 0.1) is 5.54 Å². The summed E-state index contributed by atoms with van der Waals surface area (Å²) in [6.07, 6.45) is 5.40. The SMILES string of the molecule is CN1CCC(CCN(C)C(=O)C2(N)CC2)CC1. The van der Waals surface area contributed by atoms with Crippen molar-refractivity contribution in [3.05, 3.63) is 0 Å². The molecule has 1 heterocycles. The smallest absolute Gasteiger partial charge is 0.242 e. The summed E-state index contributed by atoms with van der Waals surface area (Å²) in [6, 6.07) is 0. The minimum Gasteiger partial charge on any atom is -0.344 e. The zero-order valence-electron chi connectivity index (χ0n) is 11.1. The number of amides is 1. The largest absolute Gasteiger partial charge is 0.344 e. The third-order valence-electron chi connectivity index (χ3n) is 4.27. The fourth-order valence-electron chi connectivity index (χ4n) is 2.56. The molecule has 0 radical (unpaired) electrons. The third kappa shape index (κ3) is 3.19. The van der Waals surface area contributed by atoms with Gasteiger partial charge < -0.3 is 15.5 Å². The van der Waals surface area contributed by atoms with E-state index in [1.54, 1.807) is 0 Å². The molecule has 98 valence electrons. The first-order chi connectivity index (χ1) is 8.01. The molecule has 0 aromatic carbocycles. The number of piperidine rings is 1. The Bertz CT molecular complexity index is 280. The van der Waals surface area contributed by atoms with E-state index < -0.39 is 5.54 Å². The van der Waals surface area contributed by atoms with Gasteiger partial charge in [-0.3, -0.25) is 4.79 Å². The summed E-state index contributed by atoms with van der Waals surface area (Å²) in [4.78, 5) is 16.2. The molecule has 2 aliphatic rings. The van der Waals surface area contributed by atoms with Crippen molar-refractivity contribution in [2.24, 2.45) is 11.7 Å². The summed E-state index contributed by atoms with van der Waals surface area (Å²) in [5.74, 6) is 0.930. The first-order valence-corrected chi connectivity index (χ1v) is 6.74. The van der Waals surface area contributed by atoms with Crippen LogP contribution in [0.25, 0.3) is 0 Å². The molecule has 0 aromatic heterocycles. The Hall–Kier alpha value is -0.610. The molecule has 2 N–H and O–H groups in total. The van der Waals surface area contributed by atoms with Crippen LogP contribution in [0, 0.1) is 5.92 Å². The van der Waals surface area contributed by atoms with Crippen molar-refractivity contribution in [2.75, 3.05) is 33.7 Å². The van der Waals surface area contributed by atoms with Crippen molar-refractivity contribution in [3.63, 3.8) is 0 Å². The Morgan fingerprint density at radius 3 is 2.53 bits per heavy atom. The lowest BCUT2D eigenvalue weighted by atomic mass is 9.93. The van der Waals surface area contributed by atoms with E-state index in [4.69, 9.17) is 5.73 Å². The van der Waals surface area contributed by atoms with E-state index in [1.165, 1.54) is 25.9 Å². The number of likely N-dealkylation sites (tertiary alicyclic amines) is 1. The maximum atomic E-state index is 11.9. The highest BCUT2D eigenvalue weighted by atomic mass is 16.2. The maximum Gasteiger partial charge on any atom is 0.242 e. The lowest BCUT2D eigenvalue weighted by molar-refractivity contribution is -0.132. The van der Waals surface area contributed by atoms with Crippen molar-refractivity contribution in [1.82, 2.24) is 9.80 Å². The fourth-order valence-corrected chi connectivity index (χ4v) is 2.56. The minimum absolute atomic E-state index is 0.144. The van der Waals surface area contributed by atoms with Gasteiger partial charge in [0.2, 0.25) is 5.91 Å². The van der Waals surface area contributed by atoms with E-state index in [0.717, 1.165) is 31.7 Å². The average Bonchev–Trinajstić information content (AvgIpc) is 3.06. The van der Waals surface area contributed by atoms with Crippen molar-refractivity contribution in [3.8, 4) is 0 Å². The van der Waals surface area contributed by atoms with E-state index >= 15 is 0 Å². The van der Waals surface area contributed by atoms with Crippen molar-refractivity contribution in [1.29, 1.82) is 0 Å². The molecular formula is C13H25N3O. The summed E-state index contributed by atoms with van der Waals surface area (Å²) in [6.45, 7) is 3.26. The number of carbonyl (C=O) groups is 1. The molecule has 1 saturated carbocycles. The molecule has 0 unspecified atom stereocenters. The lowest BCUT2D eigenvalue weighted by Gasteiger charge is -2.30. The molecule has 0 bridgehead atoms. The molecule has 17 heavy (non-hydrogen) atoms. The van der Waals surface area contributed by atoms with Crippen LogP contribution in [0.4, 0.5) is 0 Å². The molecule has 4 heteroatoms. The summed E-state index contributed by atoms with van der Waals surface area (Å²) in [7, 11) is 4.07. The van der Waals surface area contributed by atoms with E-state index in [0.29, 0.717) is 0 Å². The standard InChI is InChI=1S/C13H25N3O/c1-15-8-3-11(4-9-15)5-10-16(2)12(17)13(14)6-7-13/h11H,3-10,14H2,1-2H3. The van der Waals surface area contributed by atoms with Gasteiger partial charge in [-0.25, -0.2) is 0 Å². The van der Waals surface area contributed by atoms with Crippen LogP contribution in [-0.4, -0.2) is 55.0 Å². The molecule has 2 rings (SSSR count). The van der Waals surface area contributed by atoms with Crippen LogP contribution in [0.5, 0.6) is 0 Å². The first kappa shape index (κ1) is 12.8.